The topological polar surface area (TPSA) is 41.6 Å². The lowest BCUT2D eigenvalue weighted by molar-refractivity contribution is -0.121. The van der Waals surface area contributed by atoms with E-state index in [9.17, 15) is 9.18 Å². The van der Waals surface area contributed by atoms with Gasteiger partial charge in [-0.25, -0.2) is 4.39 Å². The number of piperidine rings is 1. The second kappa shape index (κ2) is 4.70. The van der Waals surface area contributed by atoms with E-state index in [-0.39, 0.29) is 23.1 Å². The van der Waals surface area contributed by atoms with Gasteiger partial charge in [-0.05, 0) is 49.9 Å². The molecule has 1 amide bonds. The number of ether oxygens (including phenoxy) is 1. The highest BCUT2D eigenvalue weighted by Gasteiger charge is 2.58. The van der Waals surface area contributed by atoms with Crippen LogP contribution in [0.4, 0.5) is 10.1 Å². The second-order valence-corrected chi connectivity index (χ2v) is 6.32. The summed E-state index contributed by atoms with van der Waals surface area (Å²) in [4.78, 5) is 14.6. The van der Waals surface area contributed by atoms with E-state index >= 15 is 0 Å². The average Bonchev–Trinajstić information content (AvgIpc) is 3.19. The molecule has 1 spiro atoms. The first-order chi connectivity index (χ1) is 10.2. The zero-order chi connectivity index (χ0) is 14.4. The molecular weight excluding hydrogens is 271 g/mol. The Morgan fingerprint density at radius 1 is 1.38 bits per heavy atom. The predicted molar refractivity (Wildman–Crippen MR) is 76.9 cm³/mol. The number of amides is 1. The van der Waals surface area contributed by atoms with E-state index in [4.69, 9.17) is 4.74 Å². The van der Waals surface area contributed by atoms with Crippen LogP contribution in [0.25, 0.3) is 0 Å². The van der Waals surface area contributed by atoms with Crippen molar-refractivity contribution in [2.75, 3.05) is 31.1 Å². The van der Waals surface area contributed by atoms with Crippen LogP contribution in [0, 0.1) is 17.2 Å². The van der Waals surface area contributed by atoms with Crippen LogP contribution in [0.3, 0.4) is 0 Å². The monoisotopic (exact) mass is 290 g/mol. The third-order valence-corrected chi connectivity index (χ3v) is 5.14. The first-order valence-corrected chi connectivity index (χ1v) is 7.64. The van der Waals surface area contributed by atoms with Gasteiger partial charge in [-0.15, -0.1) is 0 Å². The Bertz CT molecular complexity index is 584. The van der Waals surface area contributed by atoms with Crippen molar-refractivity contribution in [1.82, 2.24) is 5.32 Å². The molecule has 4 nitrogen and oxygen atoms in total. The molecule has 3 aliphatic rings. The summed E-state index contributed by atoms with van der Waals surface area (Å²) in [5, 5.41) is 3.35. The Kier molecular flexibility index (Phi) is 2.92. The maximum atomic E-state index is 13.3. The van der Waals surface area contributed by atoms with Gasteiger partial charge in [-0.1, -0.05) is 0 Å². The van der Waals surface area contributed by atoms with Crippen LogP contribution in [0.5, 0.6) is 5.75 Å². The molecule has 1 aliphatic carbocycles. The highest BCUT2D eigenvalue weighted by atomic mass is 19.1. The van der Waals surface area contributed by atoms with Crippen molar-refractivity contribution >= 4 is 11.6 Å². The summed E-state index contributed by atoms with van der Waals surface area (Å²) in [7, 11) is 0. The minimum absolute atomic E-state index is 0.135. The van der Waals surface area contributed by atoms with Crippen molar-refractivity contribution < 1.29 is 13.9 Å². The Labute approximate surface area is 123 Å². The van der Waals surface area contributed by atoms with Gasteiger partial charge in [0.15, 0.2) is 0 Å². The quantitative estimate of drug-likeness (QED) is 0.859. The Morgan fingerprint density at radius 2 is 2.19 bits per heavy atom. The van der Waals surface area contributed by atoms with E-state index < -0.39 is 0 Å². The van der Waals surface area contributed by atoms with Gasteiger partial charge < -0.3 is 15.0 Å². The van der Waals surface area contributed by atoms with E-state index in [1.165, 1.54) is 12.1 Å². The molecule has 1 atom stereocenters. The number of halogens is 1. The number of nitrogens with one attached hydrogen (secondary N) is 1. The number of carbonyl (C=O) groups excluding carboxylic acids is 1. The van der Waals surface area contributed by atoms with E-state index in [1.807, 2.05) is 0 Å². The number of rotatable bonds is 1. The second-order valence-electron chi connectivity index (χ2n) is 6.32. The largest absolute Gasteiger partial charge is 0.489 e. The van der Waals surface area contributed by atoms with Crippen LogP contribution in [-0.2, 0) is 4.79 Å². The number of anilines is 1. The molecule has 1 N–H and O–H groups in total. The summed E-state index contributed by atoms with van der Waals surface area (Å²) in [6, 6.07) is 4.40. The molecule has 0 radical (unpaired) electrons. The minimum atomic E-state index is -0.329. The smallest absolute Gasteiger partial charge is 0.230 e. The van der Waals surface area contributed by atoms with Gasteiger partial charge in [-0.2, -0.15) is 0 Å². The van der Waals surface area contributed by atoms with Gasteiger partial charge >= 0.3 is 0 Å². The van der Waals surface area contributed by atoms with Gasteiger partial charge in [0.1, 0.15) is 18.2 Å². The van der Waals surface area contributed by atoms with Gasteiger partial charge in [0, 0.05) is 12.0 Å². The van der Waals surface area contributed by atoms with Crippen molar-refractivity contribution in [3.8, 4) is 5.75 Å². The van der Waals surface area contributed by atoms with Crippen LogP contribution in [0.2, 0.25) is 0 Å². The number of hydrogen-bond donors (Lipinski definition) is 1. The zero-order valence-electron chi connectivity index (χ0n) is 11.9. The van der Waals surface area contributed by atoms with Gasteiger partial charge in [0.25, 0.3) is 0 Å². The van der Waals surface area contributed by atoms with Gasteiger partial charge in [0.05, 0.1) is 12.2 Å². The third-order valence-electron chi connectivity index (χ3n) is 5.14. The molecular formula is C16H19FN2O2. The summed E-state index contributed by atoms with van der Waals surface area (Å²) in [6.07, 6.45) is 3.18. The summed E-state index contributed by atoms with van der Waals surface area (Å²) in [5.41, 5.74) is 0.935. The third kappa shape index (κ3) is 2.11. The SMILES string of the molecule is O=C(C1CC12CCNCC2)N1CCOc2cc(F)ccc21. The molecule has 1 unspecified atom stereocenters. The van der Waals surface area contributed by atoms with Crippen LogP contribution >= 0.6 is 0 Å². The molecule has 112 valence electrons. The number of hydrogen-bond acceptors (Lipinski definition) is 3. The summed E-state index contributed by atoms with van der Waals surface area (Å²) < 4.78 is 18.8. The van der Waals surface area contributed by atoms with Crippen LogP contribution in [0.1, 0.15) is 19.3 Å². The number of benzene rings is 1. The van der Waals surface area contributed by atoms with Crippen molar-refractivity contribution in [1.29, 1.82) is 0 Å². The zero-order valence-corrected chi connectivity index (χ0v) is 11.9. The lowest BCUT2D eigenvalue weighted by Crippen LogP contribution is -2.41. The maximum Gasteiger partial charge on any atom is 0.230 e. The molecule has 4 rings (SSSR count). The molecule has 2 heterocycles. The number of nitrogens with zero attached hydrogens (tertiary/aromatic N) is 1. The lowest BCUT2D eigenvalue weighted by Gasteiger charge is -2.31. The fraction of sp³-hybridized carbons (Fsp3) is 0.562. The van der Waals surface area contributed by atoms with Crippen molar-refractivity contribution in [2.24, 2.45) is 11.3 Å². The van der Waals surface area contributed by atoms with Crippen molar-refractivity contribution in [2.45, 2.75) is 19.3 Å². The van der Waals surface area contributed by atoms with Gasteiger partial charge in [-0.3, -0.25) is 4.79 Å². The molecule has 2 aliphatic heterocycles. The Hall–Kier alpha value is -1.62. The molecule has 5 heteroatoms. The van der Waals surface area contributed by atoms with E-state index in [2.05, 4.69) is 5.32 Å². The van der Waals surface area contributed by atoms with Crippen molar-refractivity contribution in [3.05, 3.63) is 24.0 Å². The molecule has 0 aromatic heterocycles. The van der Waals surface area contributed by atoms with Crippen LogP contribution in [-0.4, -0.2) is 32.1 Å². The highest BCUT2D eigenvalue weighted by molar-refractivity contribution is 5.99. The normalized spacial score (nSPS) is 26.1. The Balaban J connectivity index is 1.57. The molecule has 1 aromatic rings. The van der Waals surface area contributed by atoms with E-state index in [0.29, 0.717) is 24.6 Å². The number of fused-ring (bicyclic) bond motifs is 1. The first kappa shape index (κ1) is 13.1. The molecule has 2 fully saturated rings. The van der Waals surface area contributed by atoms with Crippen LogP contribution in [0.15, 0.2) is 18.2 Å². The van der Waals surface area contributed by atoms with E-state index in [1.54, 1.807) is 11.0 Å². The Morgan fingerprint density at radius 3 is 3.00 bits per heavy atom. The molecule has 1 saturated carbocycles. The van der Waals surface area contributed by atoms with Crippen LogP contribution < -0.4 is 15.0 Å². The van der Waals surface area contributed by atoms with Crippen molar-refractivity contribution in [3.63, 3.8) is 0 Å². The lowest BCUT2D eigenvalue weighted by atomic mass is 9.91. The predicted octanol–water partition coefficient (Wildman–Crippen LogP) is 1.94. The summed E-state index contributed by atoms with van der Waals surface area (Å²) in [5.74, 6) is 0.475. The summed E-state index contributed by atoms with van der Waals surface area (Å²) in [6.45, 7) is 3.01. The first-order valence-electron chi connectivity index (χ1n) is 7.64. The molecule has 21 heavy (non-hydrogen) atoms. The highest BCUT2D eigenvalue weighted by Crippen LogP contribution is 2.59. The van der Waals surface area contributed by atoms with E-state index in [0.717, 1.165) is 32.4 Å². The maximum absolute atomic E-state index is 13.3. The average molecular weight is 290 g/mol. The standard InChI is InChI=1S/C16H19FN2O2/c17-11-1-2-13-14(9-11)21-8-7-19(13)15(20)12-10-16(12)3-5-18-6-4-16/h1-2,9,12,18H,3-8,10H2. The molecule has 0 bridgehead atoms. The number of carbonyl (C=O) groups is 1. The summed E-state index contributed by atoms with van der Waals surface area (Å²) >= 11 is 0. The fourth-order valence-corrected chi connectivity index (χ4v) is 3.79. The molecule has 1 saturated heterocycles. The molecule has 1 aromatic carbocycles. The minimum Gasteiger partial charge on any atom is -0.489 e. The fourth-order valence-electron chi connectivity index (χ4n) is 3.79. The van der Waals surface area contributed by atoms with Gasteiger partial charge in [0.2, 0.25) is 5.91 Å².